The largest absolute Gasteiger partial charge is 0.367 e. The molecule has 1 rings (SSSR count). The van der Waals surface area contributed by atoms with E-state index >= 15 is 0 Å². The van der Waals surface area contributed by atoms with E-state index in [2.05, 4.69) is 12.2 Å². The smallest absolute Gasteiger partial charge is 0.108 e. The summed E-state index contributed by atoms with van der Waals surface area (Å²) in [5.41, 5.74) is 0. The van der Waals surface area contributed by atoms with Crippen molar-refractivity contribution in [1.82, 2.24) is 5.32 Å². The van der Waals surface area contributed by atoms with E-state index in [0.717, 1.165) is 19.2 Å². The molecule has 1 N–H and O–H groups in total. The second kappa shape index (κ2) is 2.46. The molecule has 1 fully saturated rings. The minimum atomic E-state index is 0.365. The lowest BCUT2D eigenvalue weighted by molar-refractivity contribution is 0.0507. The highest BCUT2D eigenvalue weighted by molar-refractivity contribution is 4.81. The van der Waals surface area contributed by atoms with Gasteiger partial charge in [0.15, 0.2) is 0 Å². The van der Waals surface area contributed by atoms with Crippen LogP contribution in [-0.2, 0) is 4.74 Å². The fraction of sp³-hybridized carbons (Fsp3) is 0.833. The highest BCUT2D eigenvalue weighted by atomic mass is 16.5. The fourth-order valence-corrected chi connectivity index (χ4v) is 0.878. The third-order valence-electron chi connectivity index (χ3n) is 1.21. The molecule has 0 amide bonds. The number of rotatable bonds is 0. The molecule has 1 atom stereocenters. The highest BCUT2D eigenvalue weighted by Gasteiger charge is 2.13. The van der Waals surface area contributed by atoms with E-state index in [1.807, 2.05) is 6.92 Å². The maximum absolute atomic E-state index is 5.34. The molecule has 1 aliphatic heterocycles. The lowest BCUT2D eigenvalue weighted by Gasteiger charge is -2.24. The predicted molar refractivity (Wildman–Crippen MR) is 32.3 cm³/mol. The van der Waals surface area contributed by atoms with E-state index in [0.29, 0.717) is 6.10 Å². The van der Waals surface area contributed by atoms with Crippen LogP contribution in [0, 0.1) is 6.10 Å². The highest BCUT2D eigenvalue weighted by Crippen LogP contribution is 2.07. The van der Waals surface area contributed by atoms with Crippen molar-refractivity contribution in [3.63, 3.8) is 0 Å². The minimum absolute atomic E-state index is 0.365. The van der Waals surface area contributed by atoms with Gasteiger partial charge >= 0.3 is 0 Å². The molecular formula is C6H12NO. The Kier molecular flexibility index (Phi) is 1.86. The number of hydrogen-bond acceptors (Lipinski definition) is 2. The van der Waals surface area contributed by atoms with Crippen molar-refractivity contribution in [1.29, 1.82) is 0 Å². The monoisotopic (exact) mass is 114 g/mol. The lowest BCUT2D eigenvalue weighted by Crippen LogP contribution is -2.37. The molecule has 0 saturated carbocycles. The summed E-state index contributed by atoms with van der Waals surface area (Å²) in [6.45, 7) is 5.97. The molecule has 1 aliphatic rings. The molecule has 0 bridgehead atoms. The van der Waals surface area contributed by atoms with Crippen LogP contribution in [0.1, 0.15) is 13.8 Å². The van der Waals surface area contributed by atoms with Gasteiger partial charge in [0, 0.05) is 13.1 Å². The summed E-state index contributed by atoms with van der Waals surface area (Å²) in [4.78, 5) is 0. The molecule has 2 heteroatoms. The maximum atomic E-state index is 5.34. The molecular weight excluding hydrogens is 102 g/mol. The Morgan fingerprint density at radius 2 is 2.50 bits per heavy atom. The zero-order valence-electron chi connectivity index (χ0n) is 5.40. The predicted octanol–water partition coefficient (Wildman–Crippen LogP) is 0.547. The average Bonchev–Trinajstić information content (AvgIpc) is 1.64. The normalized spacial score (nSPS) is 33.0. The van der Waals surface area contributed by atoms with E-state index in [1.54, 1.807) is 0 Å². The van der Waals surface area contributed by atoms with E-state index in [1.165, 1.54) is 0 Å². The molecule has 1 radical (unpaired) electrons. The first-order valence-corrected chi connectivity index (χ1v) is 2.99. The van der Waals surface area contributed by atoms with Crippen molar-refractivity contribution in [2.75, 3.05) is 13.1 Å². The fourth-order valence-electron chi connectivity index (χ4n) is 0.878. The zero-order chi connectivity index (χ0) is 5.98. The van der Waals surface area contributed by atoms with Gasteiger partial charge in [-0.3, -0.25) is 0 Å². The Hall–Kier alpha value is -0.0800. The Bertz CT molecular complexity index is 66.9. The van der Waals surface area contributed by atoms with Crippen molar-refractivity contribution in [2.45, 2.75) is 20.0 Å². The van der Waals surface area contributed by atoms with Crippen LogP contribution in [0.15, 0.2) is 0 Å². The topological polar surface area (TPSA) is 21.3 Å². The van der Waals surface area contributed by atoms with Gasteiger partial charge in [-0.15, -0.1) is 0 Å². The van der Waals surface area contributed by atoms with Crippen molar-refractivity contribution in [3.8, 4) is 0 Å². The molecule has 0 aromatic heterocycles. The van der Waals surface area contributed by atoms with Gasteiger partial charge < -0.3 is 10.1 Å². The van der Waals surface area contributed by atoms with Crippen LogP contribution in [0.25, 0.3) is 0 Å². The molecule has 2 nitrogen and oxygen atoms in total. The first-order chi connectivity index (χ1) is 3.79. The molecule has 1 saturated heterocycles. The summed E-state index contributed by atoms with van der Waals surface area (Å²) in [6, 6.07) is 0. The van der Waals surface area contributed by atoms with Gasteiger partial charge in [-0.25, -0.2) is 0 Å². The quantitative estimate of drug-likeness (QED) is 0.496. The molecule has 1 heterocycles. The van der Waals surface area contributed by atoms with Crippen molar-refractivity contribution in [3.05, 3.63) is 6.10 Å². The summed E-state index contributed by atoms with van der Waals surface area (Å²) in [5, 5.41) is 3.22. The molecule has 0 aromatic carbocycles. The van der Waals surface area contributed by atoms with Gasteiger partial charge in [0.1, 0.15) is 6.10 Å². The van der Waals surface area contributed by atoms with Crippen molar-refractivity contribution in [2.24, 2.45) is 0 Å². The zero-order valence-corrected chi connectivity index (χ0v) is 5.40. The first-order valence-electron chi connectivity index (χ1n) is 2.99. The molecule has 8 heavy (non-hydrogen) atoms. The summed E-state index contributed by atoms with van der Waals surface area (Å²) in [7, 11) is 0. The van der Waals surface area contributed by atoms with Gasteiger partial charge in [-0.05, 0) is 13.8 Å². The number of ether oxygens (including phenoxy) is 1. The van der Waals surface area contributed by atoms with Crippen LogP contribution in [0.2, 0.25) is 0 Å². The van der Waals surface area contributed by atoms with E-state index < -0.39 is 0 Å². The second-order valence-corrected chi connectivity index (χ2v) is 2.26. The van der Waals surface area contributed by atoms with Gasteiger partial charge in [0.05, 0.1) is 6.10 Å². The Morgan fingerprint density at radius 3 is 2.88 bits per heavy atom. The van der Waals surface area contributed by atoms with E-state index in [-0.39, 0.29) is 0 Å². The van der Waals surface area contributed by atoms with Crippen LogP contribution in [0.4, 0.5) is 0 Å². The van der Waals surface area contributed by atoms with Crippen LogP contribution in [0.5, 0.6) is 0 Å². The van der Waals surface area contributed by atoms with Crippen LogP contribution < -0.4 is 5.32 Å². The summed E-state index contributed by atoms with van der Waals surface area (Å²) in [5.74, 6) is 0. The number of nitrogens with one attached hydrogen (secondary N) is 1. The summed E-state index contributed by atoms with van der Waals surface area (Å²) < 4.78 is 5.34. The Balaban J connectivity index is 2.23. The van der Waals surface area contributed by atoms with Crippen LogP contribution in [-0.4, -0.2) is 19.2 Å². The maximum Gasteiger partial charge on any atom is 0.108 e. The summed E-state index contributed by atoms with van der Waals surface area (Å²) >= 11 is 0. The minimum Gasteiger partial charge on any atom is -0.367 e. The standard InChI is InChI=1S/C6H12NO/c1-5-3-7-4-6(2)8-5/h5,7H,3-4H2,1-2H3/t5-/m1/s1. The van der Waals surface area contributed by atoms with Gasteiger partial charge in [-0.2, -0.15) is 0 Å². The van der Waals surface area contributed by atoms with Gasteiger partial charge in [0.25, 0.3) is 0 Å². The molecule has 0 spiro atoms. The lowest BCUT2D eigenvalue weighted by atomic mass is 10.3. The Labute approximate surface area is 50.2 Å². The van der Waals surface area contributed by atoms with Crippen molar-refractivity contribution < 1.29 is 4.74 Å². The third-order valence-corrected chi connectivity index (χ3v) is 1.21. The number of hydrogen-bond donors (Lipinski definition) is 1. The first kappa shape index (κ1) is 6.05. The van der Waals surface area contributed by atoms with Gasteiger partial charge in [0.2, 0.25) is 0 Å². The van der Waals surface area contributed by atoms with Gasteiger partial charge in [-0.1, -0.05) is 0 Å². The van der Waals surface area contributed by atoms with Crippen LogP contribution in [0.3, 0.4) is 0 Å². The third kappa shape index (κ3) is 1.46. The van der Waals surface area contributed by atoms with E-state index in [4.69, 9.17) is 4.74 Å². The molecule has 47 valence electrons. The SMILES string of the molecule is C[C]1CNC[C@@H](C)O1. The molecule has 0 unspecified atom stereocenters. The Morgan fingerprint density at radius 1 is 1.75 bits per heavy atom. The molecule has 0 aromatic rings. The van der Waals surface area contributed by atoms with Crippen LogP contribution >= 0.6 is 0 Å². The van der Waals surface area contributed by atoms with E-state index in [9.17, 15) is 0 Å². The van der Waals surface area contributed by atoms with Crippen molar-refractivity contribution >= 4 is 0 Å². The summed E-state index contributed by atoms with van der Waals surface area (Å²) in [6.07, 6.45) is 1.47. The average molecular weight is 114 g/mol. The molecule has 0 aliphatic carbocycles. The second-order valence-electron chi connectivity index (χ2n) is 2.26. The number of morpholine rings is 1.